The molecule has 0 amide bonds. The summed E-state index contributed by atoms with van der Waals surface area (Å²) in [5.74, 6) is 0.816. The molecule has 4 aromatic rings. The monoisotopic (exact) mass is 417 g/mol. The lowest BCUT2D eigenvalue weighted by Gasteiger charge is -2.19. The van der Waals surface area contributed by atoms with Crippen molar-refractivity contribution in [2.75, 3.05) is 6.61 Å². The first kappa shape index (κ1) is 20.9. The van der Waals surface area contributed by atoms with Gasteiger partial charge in [-0.1, -0.05) is 42.5 Å². The minimum Gasteiger partial charge on any atom is -0.490 e. The van der Waals surface area contributed by atoms with Gasteiger partial charge in [-0.15, -0.1) is 0 Å². The summed E-state index contributed by atoms with van der Waals surface area (Å²) < 4.78 is 9.28. The molecule has 0 aliphatic heterocycles. The van der Waals surface area contributed by atoms with Crippen LogP contribution < -0.4 is 10.3 Å². The van der Waals surface area contributed by atoms with E-state index in [1.807, 2.05) is 74.7 Å². The van der Waals surface area contributed by atoms with Crippen molar-refractivity contribution in [3.8, 4) is 17.0 Å². The van der Waals surface area contributed by atoms with Crippen LogP contribution in [0.25, 0.3) is 16.9 Å². The zero-order valence-corrected chi connectivity index (χ0v) is 18.3. The van der Waals surface area contributed by atoms with Crippen molar-refractivity contribution in [1.29, 1.82) is 0 Å². The number of rotatable bonds is 6. The first-order valence-corrected chi connectivity index (χ1v) is 10.4. The fourth-order valence-corrected chi connectivity index (χ4v) is 3.80. The van der Waals surface area contributed by atoms with Gasteiger partial charge in [0.1, 0.15) is 24.1 Å². The molecule has 160 valence electrons. The third-order valence-electron chi connectivity index (χ3n) is 5.69. The second-order valence-corrected chi connectivity index (χ2v) is 8.02. The van der Waals surface area contributed by atoms with E-state index in [1.54, 1.807) is 0 Å². The third kappa shape index (κ3) is 4.11. The van der Waals surface area contributed by atoms with Crippen LogP contribution in [-0.4, -0.2) is 32.0 Å². The van der Waals surface area contributed by atoms with Crippen molar-refractivity contribution in [1.82, 2.24) is 14.2 Å². The number of hydrogen-bond acceptors (Lipinski definition) is 4. The van der Waals surface area contributed by atoms with Gasteiger partial charge in [0.05, 0.1) is 12.2 Å². The summed E-state index contributed by atoms with van der Waals surface area (Å²) >= 11 is 0. The molecule has 2 aromatic heterocycles. The van der Waals surface area contributed by atoms with E-state index in [1.165, 1.54) is 10.6 Å². The highest BCUT2D eigenvalue weighted by atomic mass is 16.5. The Morgan fingerprint density at radius 3 is 2.45 bits per heavy atom. The van der Waals surface area contributed by atoms with Crippen LogP contribution in [0, 0.1) is 27.7 Å². The maximum atomic E-state index is 12.5. The molecular weight excluding hydrogens is 390 g/mol. The highest BCUT2D eigenvalue weighted by Gasteiger charge is 2.16. The van der Waals surface area contributed by atoms with Gasteiger partial charge in [-0.25, -0.2) is 0 Å². The maximum absolute atomic E-state index is 12.5. The van der Waals surface area contributed by atoms with Crippen molar-refractivity contribution in [3.05, 3.63) is 87.3 Å². The summed E-state index contributed by atoms with van der Waals surface area (Å²) in [5.41, 5.74) is 6.14. The van der Waals surface area contributed by atoms with Gasteiger partial charge < -0.3 is 14.4 Å². The third-order valence-corrected chi connectivity index (χ3v) is 5.69. The molecule has 2 aromatic carbocycles. The predicted molar refractivity (Wildman–Crippen MR) is 122 cm³/mol. The molecule has 4 rings (SSSR count). The van der Waals surface area contributed by atoms with Gasteiger partial charge in [-0.3, -0.25) is 4.79 Å². The number of ether oxygens (including phenoxy) is 1. The maximum Gasteiger partial charge on any atom is 0.274 e. The Morgan fingerprint density at radius 1 is 1.00 bits per heavy atom. The summed E-state index contributed by atoms with van der Waals surface area (Å²) in [5, 5.41) is 15.2. The number of aromatic nitrogens is 3. The summed E-state index contributed by atoms with van der Waals surface area (Å²) in [6.07, 6.45) is -0.751. The molecule has 6 heteroatoms. The molecule has 0 bridgehead atoms. The van der Waals surface area contributed by atoms with Gasteiger partial charge in [-0.05, 0) is 44.4 Å². The number of fused-ring (bicyclic) bond motifs is 1. The number of hydrogen-bond donors (Lipinski definition) is 1. The van der Waals surface area contributed by atoms with Crippen molar-refractivity contribution in [2.24, 2.45) is 0 Å². The number of aryl methyl sites for hydroxylation is 3. The number of nitrogens with zero attached hydrogens (tertiary/aromatic N) is 3. The van der Waals surface area contributed by atoms with Gasteiger partial charge in [0.25, 0.3) is 5.56 Å². The molecule has 0 spiro atoms. The average molecular weight is 418 g/mol. The van der Waals surface area contributed by atoms with E-state index in [4.69, 9.17) is 4.74 Å². The van der Waals surface area contributed by atoms with Crippen LogP contribution in [0.2, 0.25) is 0 Å². The molecule has 0 saturated carbocycles. The van der Waals surface area contributed by atoms with Gasteiger partial charge in [0, 0.05) is 23.4 Å². The van der Waals surface area contributed by atoms with Crippen molar-refractivity contribution in [2.45, 2.75) is 40.3 Å². The molecule has 6 nitrogen and oxygen atoms in total. The van der Waals surface area contributed by atoms with Crippen LogP contribution in [0.5, 0.6) is 5.75 Å². The highest BCUT2D eigenvalue weighted by molar-refractivity contribution is 5.64. The second kappa shape index (κ2) is 8.40. The van der Waals surface area contributed by atoms with E-state index in [0.29, 0.717) is 17.9 Å². The van der Waals surface area contributed by atoms with Crippen molar-refractivity contribution >= 4 is 5.65 Å². The molecule has 1 N–H and O–H groups in total. The van der Waals surface area contributed by atoms with E-state index in [-0.39, 0.29) is 12.2 Å². The Balaban J connectivity index is 1.61. The molecule has 31 heavy (non-hydrogen) atoms. The quantitative estimate of drug-likeness (QED) is 0.518. The fourth-order valence-electron chi connectivity index (χ4n) is 3.80. The number of benzene rings is 2. The molecule has 0 saturated heterocycles. The lowest BCUT2D eigenvalue weighted by molar-refractivity contribution is 0.0919. The van der Waals surface area contributed by atoms with Crippen LogP contribution in [0.1, 0.15) is 22.4 Å². The topological polar surface area (TPSA) is 68.8 Å². The largest absolute Gasteiger partial charge is 0.490 e. The number of aliphatic hydroxyl groups excluding tert-OH is 1. The zero-order chi connectivity index (χ0) is 22.1. The number of aliphatic hydroxyl groups is 1. The summed E-state index contributed by atoms with van der Waals surface area (Å²) in [6.45, 7) is 8.38. The molecule has 1 atom stereocenters. The smallest absolute Gasteiger partial charge is 0.274 e. The lowest BCUT2D eigenvalue weighted by atomic mass is 10.1. The van der Waals surface area contributed by atoms with Gasteiger partial charge in [0.15, 0.2) is 0 Å². The predicted octanol–water partition coefficient (Wildman–Crippen LogP) is 3.84. The zero-order valence-electron chi connectivity index (χ0n) is 18.3. The molecule has 0 fully saturated rings. The Morgan fingerprint density at radius 2 is 1.71 bits per heavy atom. The minimum atomic E-state index is -0.751. The van der Waals surface area contributed by atoms with Crippen LogP contribution in [0.4, 0.5) is 0 Å². The van der Waals surface area contributed by atoms with E-state index in [2.05, 4.69) is 11.2 Å². The van der Waals surface area contributed by atoms with Crippen LogP contribution >= 0.6 is 0 Å². The molecular formula is C25H27N3O3. The van der Waals surface area contributed by atoms with Crippen LogP contribution in [0.3, 0.4) is 0 Å². The Bertz CT molecular complexity index is 1290. The standard InChI is InChI=1S/C25H27N3O3/c1-16-10-11-17(2)25(19(16)4)31-15-21(29)14-27-18(3)12-24(30)28-23(27)13-22(26-28)20-8-6-5-7-9-20/h5-13,21,29H,14-15H2,1-4H3. The van der Waals surface area contributed by atoms with E-state index in [9.17, 15) is 9.90 Å². The Hall–Kier alpha value is -3.38. The van der Waals surface area contributed by atoms with Gasteiger partial charge in [-0.2, -0.15) is 9.61 Å². The highest BCUT2D eigenvalue weighted by Crippen LogP contribution is 2.26. The molecule has 0 aliphatic carbocycles. The normalized spacial score (nSPS) is 12.3. The lowest BCUT2D eigenvalue weighted by Crippen LogP contribution is -2.28. The van der Waals surface area contributed by atoms with E-state index < -0.39 is 6.10 Å². The minimum absolute atomic E-state index is 0.155. The Kier molecular flexibility index (Phi) is 5.65. The first-order valence-electron chi connectivity index (χ1n) is 10.4. The average Bonchev–Trinajstić information content (AvgIpc) is 3.20. The molecule has 0 aliphatic rings. The van der Waals surface area contributed by atoms with Crippen molar-refractivity contribution in [3.63, 3.8) is 0 Å². The van der Waals surface area contributed by atoms with Gasteiger partial charge >= 0.3 is 0 Å². The second-order valence-electron chi connectivity index (χ2n) is 8.02. The SMILES string of the molecule is Cc1ccc(C)c(OCC(O)Cn2c(C)cc(=O)n3nc(-c4ccccc4)cc23)c1C. The van der Waals surface area contributed by atoms with Crippen molar-refractivity contribution < 1.29 is 9.84 Å². The summed E-state index contributed by atoms with van der Waals surface area (Å²) in [7, 11) is 0. The summed E-state index contributed by atoms with van der Waals surface area (Å²) in [4.78, 5) is 12.5. The molecule has 0 radical (unpaired) electrons. The van der Waals surface area contributed by atoms with E-state index in [0.717, 1.165) is 33.7 Å². The van der Waals surface area contributed by atoms with E-state index >= 15 is 0 Å². The fraction of sp³-hybridized carbons (Fsp3) is 0.280. The first-order chi connectivity index (χ1) is 14.8. The Labute approximate surface area is 181 Å². The van der Waals surface area contributed by atoms with Gasteiger partial charge in [0.2, 0.25) is 0 Å². The van der Waals surface area contributed by atoms with Crippen LogP contribution in [0.15, 0.2) is 59.4 Å². The molecule has 2 heterocycles. The van der Waals surface area contributed by atoms with Crippen LogP contribution in [-0.2, 0) is 6.54 Å². The molecule has 1 unspecified atom stereocenters. The summed E-state index contributed by atoms with van der Waals surface area (Å²) in [6, 6.07) is 17.2.